The standard InChI is InChI=1S/2C2H5NO2.CH2O3.2Na/c2*3-1-2(4)5;2-1(3)4;;/h2*1,3H2,(H,4,5);(H2,2,3,4);;/q;;;2*+1/p-2. The largest absolute Gasteiger partial charge is 1.00 e. The van der Waals surface area contributed by atoms with Crippen LogP contribution in [0.4, 0.5) is 4.79 Å². The van der Waals surface area contributed by atoms with Crippen molar-refractivity contribution in [3.8, 4) is 0 Å². The molecule has 0 heterocycles. The Labute approximate surface area is 135 Å². The molecule has 0 saturated heterocycles. The molecule has 0 aromatic carbocycles. The molecule has 0 fully saturated rings. The second-order valence-corrected chi connectivity index (χ2v) is 1.43. The van der Waals surface area contributed by atoms with Crippen LogP contribution in [0, 0.1) is 0 Å². The van der Waals surface area contributed by atoms with Gasteiger partial charge >= 0.3 is 65.3 Å². The van der Waals surface area contributed by atoms with Crippen LogP contribution < -0.4 is 80.8 Å². The smallest absolute Gasteiger partial charge is 0.549 e. The van der Waals surface area contributed by atoms with Crippen LogP contribution in [0.2, 0.25) is 0 Å². The van der Waals surface area contributed by atoms with Crippen molar-refractivity contribution in [2.24, 2.45) is 11.5 Å². The molecule has 0 saturated carbocycles. The Balaban J connectivity index is -0.0000000358. The van der Waals surface area contributed by atoms with E-state index in [9.17, 15) is 0 Å². The van der Waals surface area contributed by atoms with E-state index >= 15 is 0 Å². The first-order valence-electron chi connectivity index (χ1n) is 2.99. The molecular weight excluding hydrogens is 246 g/mol. The topological polar surface area (TPSA) is 190 Å². The van der Waals surface area contributed by atoms with Gasteiger partial charge in [0.05, 0.1) is 11.9 Å². The van der Waals surface area contributed by atoms with Crippen molar-refractivity contribution in [3.63, 3.8) is 0 Å². The van der Waals surface area contributed by atoms with Crippen molar-refractivity contribution in [2.75, 3.05) is 13.1 Å². The molecule has 0 aliphatic heterocycles. The van der Waals surface area contributed by atoms with Gasteiger partial charge in [-0.05, 0) is 0 Å². The SMILES string of the molecule is NCC(=O)[O-].NCC(=O)[O-].O=C(O)O.[Na+].[Na+]. The summed E-state index contributed by atoms with van der Waals surface area (Å²) in [6.45, 7) is -0.778. The molecule has 0 aliphatic rings. The van der Waals surface area contributed by atoms with E-state index in [1.165, 1.54) is 0 Å². The minimum Gasteiger partial charge on any atom is -0.549 e. The maximum atomic E-state index is 9.13. The molecule has 0 atom stereocenters. The van der Waals surface area contributed by atoms with Crippen molar-refractivity contribution in [1.82, 2.24) is 0 Å². The minimum atomic E-state index is -1.83. The van der Waals surface area contributed by atoms with Crippen LogP contribution in [0.15, 0.2) is 0 Å². The van der Waals surface area contributed by atoms with Gasteiger partial charge in [-0.2, -0.15) is 0 Å². The molecule has 16 heavy (non-hydrogen) atoms. The normalized spacial score (nSPS) is 6.12. The van der Waals surface area contributed by atoms with Gasteiger partial charge < -0.3 is 41.5 Å². The third-order valence-corrected chi connectivity index (χ3v) is 0.333. The zero-order valence-electron chi connectivity index (χ0n) is 9.00. The third kappa shape index (κ3) is 143. The van der Waals surface area contributed by atoms with Gasteiger partial charge in [0.15, 0.2) is 0 Å². The van der Waals surface area contributed by atoms with Gasteiger partial charge in [-0.3, -0.25) is 0 Å². The molecule has 0 unspecified atom stereocenters. The predicted octanol–water partition coefficient (Wildman–Crippen LogP) is -10.4. The van der Waals surface area contributed by atoms with Gasteiger partial charge in [0, 0.05) is 13.1 Å². The average Bonchev–Trinajstić information content (AvgIpc) is 2.04. The molecular formula is C5H10N2Na2O7. The number of carboxylic acids is 2. The number of aliphatic carboxylic acids is 2. The van der Waals surface area contributed by atoms with Crippen LogP contribution in [0.5, 0.6) is 0 Å². The third-order valence-electron chi connectivity index (χ3n) is 0.333. The molecule has 0 bridgehead atoms. The fourth-order valence-corrected chi connectivity index (χ4v) is 0. The van der Waals surface area contributed by atoms with Gasteiger partial charge in [-0.25, -0.2) is 4.79 Å². The summed E-state index contributed by atoms with van der Waals surface area (Å²) >= 11 is 0. The van der Waals surface area contributed by atoms with Gasteiger partial charge in [0.2, 0.25) is 0 Å². The maximum absolute atomic E-state index is 9.13. The van der Waals surface area contributed by atoms with E-state index < -0.39 is 18.1 Å². The van der Waals surface area contributed by atoms with Crippen molar-refractivity contribution < 1.29 is 93.9 Å². The molecule has 11 heteroatoms. The Morgan fingerprint density at radius 2 is 0.938 bits per heavy atom. The molecule has 6 N–H and O–H groups in total. The van der Waals surface area contributed by atoms with Crippen molar-refractivity contribution >= 4 is 18.1 Å². The van der Waals surface area contributed by atoms with Crippen molar-refractivity contribution in [1.29, 1.82) is 0 Å². The number of carbonyl (C=O) groups is 3. The van der Waals surface area contributed by atoms with E-state index in [0.29, 0.717) is 0 Å². The molecule has 0 aliphatic carbocycles. The van der Waals surface area contributed by atoms with Gasteiger partial charge in [-0.15, -0.1) is 0 Å². The summed E-state index contributed by atoms with van der Waals surface area (Å²) in [6.07, 6.45) is -1.83. The fourth-order valence-electron chi connectivity index (χ4n) is 0. The van der Waals surface area contributed by atoms with Crippen LogP contribution in [0.25, 0.3) is 0 Å². The number of rotatable bonds is 2. The Kier molecular flexibility index (Phi) is 45.4. The summed E-state index contributed by atoms with van der Waals surface area (Å²) < 4.78 is 0. The zero-order chi connectivity index (χ0) is 12.1. The van der Waals surface area contributed by atoms with Crippen molar-refractivity contribution in [2.45, 2.75) is 0 Å². The van der Waals surface area contributed by atoms with Crippen LogP contribution in [0.1, 0.15) is 0 Å². The quantitative estimate of drug-likeness (QED) is 0.347. The fraction of sp³-hybridized carbons (Fsp3) is 0.400. The van der Waals surface area contributed by atoms with Gasteiger partial charge in [0.25, 0.3) is 0 Å². The summed E-state index contributed by atoms with van der Waals surface area (Å²) in [5.74, 6) is -2.44. The van der Waals surface area contributed by atoms with Crippen LogP contribution >= 0.6 is 0 Å². The molecule has 0 aromatic heterocycles. The van der Waals surface area contributed by atoms with E-state index in [2.05, 4.69) is 11.5 Å². The van der Waals surface area contributed by atoms with E-state index in [1.807, 2.05) is 0 Å². The summed E-state index contributed by atoms with van der Waals surface area (Å²) in [5.41, 5.74) is 9.02. The molecule has 0 rings (SSSR count). The van der Waals surface area contributed by atoms with Gasteiger partial charge in [0.1, 0.15) is 0 Å². The second-order valence-electron chi connectivity index (χ2n) is 1.43. The molecule has 9 nitrogen and oxygen atoms in total. The Bertz CT molecular complexity index is 172. The van der Waals surface area contributed by atoms with Gasteiger partial charge in [-0.1, -0.05) is 0 Å². The summed E-state index contributed by atoms with van der Waals surface area (Å²) in [7, 11) is 0. The van der Waals surface area contributed by atoms with E-state index in [-0.39, 0.29) is 72.2 Å². The van der Waals surface area contributed by atoms with E-state index in [4.69, 9.17) is 34.8 Å². The van der Waals surface area contributed by atoms with Crippen LogP contribution in [0.3, 0.4) is 0 Å². The average molecular weight is 256 g/mol. The number of nitrogens with two attached hydrogens (primary N) is 2. The van der Waals surface area contributed by atoms with E-state index in [1.54, 1.807) is 0 Å². The number of hydrogen-bond acceptors (Lipinski definition) is 7. The first kappa shape index (κ1) is 29.8. The summed E-state index contributed by atoms with van der Waals surface area (Å²) in [5, 5.41) is 32.2. The van der Waals surface area contributed by atoms with Crippen molar-refractivity contribution in [3.05, 3.63) is 0 Å². The molecule has 84 valence electrons. The number of carboxylic acid groups (broad SMARTS) is 4. The maximum Gasteiger partial charge on any atom is 1.00 e. The molecule has 0 radical (unpaired) electrons. The summed E-state index contributed by atoms with van der Waals surface area (Å²) in [6, 6.07) is 0. The second kappa shape index (κ2) is 24.4. The monoisotopic (exact) mass is 256 g/mol. The molecule has 0 aromatic rings. The predicted molar refractivity (Wildman–Crippen MR) is 38.8 cm³/mol. The number of carbonyl (C=O) groups excluding carboxylic acids is 2. The first-order chi connectivity index (χ1) is 6.27. The van der Waals surface area contributed by atoms with E-state index in [0.717, 1.165) is 0 Å². The Morgan fingerprint density at radius 1 is 0.875 bits per heavy atom. The first-order valence-corrected chi connectivity index (χ1v) is 2.99. The Hall–Kier alpha value is 0.130. The zero-order valence-corrected chi connectivity index (χ0v) is 13.0. The van der Waals surface area contributed by atoms with Crippen LogP contribution in [-0.2, 0) is 9.59 Å². The number of hydrogen-bond donors (Lipinski definition) is 4. The van der Waals surface area contributed by atoms with Crippen LogP contribution in [-0.4, -0.2) is 41.4 Å². The molecule has 0 amide bonds. The summed E-state index contributed by atoms with van der Waals surface area (Å²) in [4.78, 5) is 26.8. The Morgan fingerprint density at radius 3 is 0.938 bits per heavy atom. The minimum absolute atomic E-state index is 0. The molecule has 0 spiro atoms.